The van der Waals surface area contributed by atoms with E-state index in [1.807, 2.05) is 0 Å². The van der Waals surface area contributed by atoms with Gasteiger partial charge in [0, 0.05) is 18.7 Å². The summed E-state index contributed by atoms with van der Waals surface area (Å²) in [6.45, 7) is 1.27. The van der Waals surface area contributed by atoms with E-state index in [9.17, 15) is 13.2 Å². The van der Waals surface area contributed by atoms with Gasteiger partial charge >= 0.3 is 0 Å². The third-order valence-electron chi connectivity index (χ3n) is 3.82. The largest absolute Gasteiger partial charge is 0.381 e. The van der Waals surface area contributed by atoms with E-state index in [2.05, 4.69) is 5.10 Å². The molecule has 0 saturated carbocycles. The van der Waals surface area contributed by atoms with E-state index in [4.69, 9.17) is 4.74 Å². The summed E-state index contributed by atoms with van der Waals surface area (Å²) in [5, 5.41) is 4.45. The van der Waals surface area contributed by atoms with Gasteiger partial charge in [-0.15, -0.1) is 0 Å². The van der Waals surface area contributed by atoms with Crippen molar-refractivity contribution in [1.82, 2.24) is 9.78 Å². The Labute approximate surface area is 111 Å². The monoisotopic (exact) mass is 284 g/mol. The molecule has 6 nitrogen and oxygen atoms in total. The number of ether oxygens (including phenoxy) is 1. The minimum atomic E-state index is -2.95. The van der Waals surface area contributed by atoms with Crippen LogP contribution in [0.4, 0.5) is 0 Å². The number of sulfone groups is 1. The van der Waals surface area contributed by atoms with Crippen LogP contribution in [0, 0.1) is 0 Å². The summed E-state index contributed by atoms with van der Waals surface area (Å²) in [4.78, 5) is 11.1. The zero-order valence-corrected chi connectivity index (χ0v) is 11.3. The van der Waals surface area contributed by atoms with Gasteiger partial charge in [-0.25, -0.2) is 8.42 Å². The second-order valence-corrected chi connectivity index (χ2v) is 7.41. The third kappa shape index (κ3) is 2.44. The summed E-state index contributed by atoms with van der Waals surface area (Å²) in [7, 11) is -2.95. The number of hydrogen-bond acceptors (Lipinski definition) is 5. The first-order chi connectivity index (χ1) is 9.09. The molecule has 2 aliphatic rings. The molecular weight excluding hydrogens is 268 g/mol. The van der Waals surface area contributed by atoms with E-state index in [1.165, 1.54) is 0 Å². The van der Waals surface area contributed by atoms with Gasteiger partial charge in [-0.2, -0.15) is 5.10 Å². The number of aromatic nitrogens is 2. The molecule has 2 saturated heterocycles. The van der Waals surface area contributed by atoms with Crippen molar-refractivity contribution in [2.24, 2.45) is 0 Å². The van der Waals surface area contributed by atoms with Crippen LogP contribution in [-0.4, -0.2) is 49.2 Å². The van der Waals surface area contributed by atoms with E-state index in [0.29, 0.717) is 25.2 Å². The average Bonchev–Trinajstić information content (AvgIpc) is 3.05. The van der Waals surface area contributed by atoms with Crippen molar-refractivity contribution in [3.8, 4) is 0 Å². The molecule has 0 N–H and O–H groups in total. The van der Waals surface area contributed by atoms with Crippen LogP contribution >= 0.6 is 0 Å². The van der Waals surface area contributed by atoms with Gasteiger partial charge in [0.05, 0.1) is 35.4 Å². The fourth-order valence-corrected chi connectivity index (χ4v) is 4.45. The van der Waals surface area contributed by atoms with Gasteiger partial charge in [-0.3, -0.25) is 9.48 Å². The van der Waals surface area contributed by atoms with Gasteiger partial charge in [0.1, 0.15) is 0 Å². The molecule has 3 rings (SSSR count). The molecule has 104 valence electrons. The van der Waals surface area contributed by atoms with Gasteiger partial charge in [-0.05, 0) is 12.8 Å². The molecular formula is C12H16N2O4S. The van der Waals surface area contributed by atoms with Crippen LogP contribution in [0.5, 0.6) is 0 Å². The van der Waals surface area contributed by atoms with E-state index < -0.39 is 9.84 Å². The lowest BCUT2D eigenvalue weighted by Gasteiger charge is -2.08. The minimum absolute atomic E-state index is 0.119. The highest BCUT2D eigenvalue weighted by atomic mass is 32.2. The summed E-state index contributed by atoms with van der Waals surface area (Å²) in [5.74, 6) is 0.475. The van der Waals surface area contributed by atoms with Crippen molar-refractivity contribution < 1.29 is 17.9 Å². The molecule has 0 bridgehead atoms. The van der Waals surface area contributed by atoms with E-state index in [1.54, 1.807) is 10.9 Å². The molecule has 1 aromatic heterocycles. The average molecular weight is 284 g/mol. The topological polar surface area (TPSA) is 78.3 Å². The van der Waals surface area contributed by atoms with Crippen molar-refractivity contribution in [2.75, 3.05) is 24.7 Å². The summed E-state index contributed by atoms with van der Waals surface area (Å²) in [5.41, 5.74) is 1.30. The van der Waals surface area contributed by atoms with Crippen LogP contribution in [0.1, 0.15) is 40.9 Å². The Kier molecular flexibility index (Phi) is 3.18. The Morgan fingerprint density at radius 2 is 2.26 bits per heavy atom. The molecule has 19 heavy (non-hydrogen) atoms. The fourth-order valence-electron chi connectivity index (χ4n) is 2.75. The molecule has 7 heteroatoms. The van der Waals surface area contributed by atoms with Gasteiger partial charge < -0.3 is 4.74 Å². The Morgan fingerprint density at radius 1 is 1.42 bits per heavy atom. The molecule has 1 aromatic rings. The lowest BCUT2D eigenvalue weighted by Crippen LogP contribution is -2.12. The number of carbonyl (C=O) groups is 1. The lowest BCUT2D eigenvalue weighted by molar-refractivity contribution is 0.112. The molecule has 0 aromatic carbocycles. The molecule has 0 spiro atoms. The quantitative estimate of drug-likeness (QED) is 0.758. The second kappa shape index (κ2) is 4.72. The Morgan fingerprint density at radius 3 is 2.84 bits per heavy atom. The number of rotatable bonds is 3. The number of nitrogens with zero attached hydrogens (tertiary/aromatic N) is 2. The maximum Gasteiger partial charge on any atom is 0.153 e. The van der Waals surface area contributed by atoms with Crippen molar-refractivity contribution in [3.63, 3.8) is 0 Å². The van der Waals surface area contributed by atoms with Crippen LogP contribution < -0.4 is 0 Å². The number of aldehydes is 1. The van der Waals surface area contributed by atoms with Crippen molar-refractivity contribution in [1.29, 1.82) is 0 Å². The summed E-state index contributed by atoms with van der Waals surface area (Å²) >= 11 is 0. The maximum atomic E-state index is 11.5. The standard InChI is InChI=1S/C12H16N2O4S/c15-6-10-5-14(11-2-4-19(16,17)8-11)13-12(10)9-1-3-18-7-9/h5-6,9,11H,1-4,7-8H2. The van der Waals surface area contributed by atoms with Gasteiger partial charge in [0.15, 0.2) is 16.1 Å². The normalized spacial score (nSPS) is 29.7. The van der Waals surface area contributed by atoms with Crippen LogP contribution in [0.3, 0.4) is 0 Å². The van der Waals surface area contributed by atoms with Crippen molar-refractivity contribution >= 4 is 16.1 Å². The molecule has 3 heterocycles. The Hall–Kier alpha value is -1.21. The third-order valence-corrected chi connectivity index (χ3v) is 5.57. The molecule has 2 aliphatic heterocycles. The Balaban J connectivity index is 1.89. The summed E-state index contributed by atoms with van der Waals surface area (Å²) < 4.78 is 30.0. The first kappa shape index (κ1) is 12.8. The fraction of sp³-hybridized carbons (Fsp3) is 0.667. The molecule has 0 amide bonds. The number of carbonyl (C=O) groups excluding carboxylic acids is 1. The lowest BCUT2D eigenvalue weighted by atomic mass is 10.0. The molecule has 0 aliphatic carbocycles. The van der Waals surface area contributed by atoms with Gasteiger partial charge in [0.25, 0.3) is 0 Å². The van der Waals surface area contributed by atoms with Crippen LogP contribution in [0.15, 0.2) is 6.20 Å². The maximum absolute atomic E-state index is 11.5. The highest BCUT2D eigenvalue weighted by Gasteiger charge is 2.31. The van der Waals surface area contributed by atoms with E-state index in [0.717, 1.165) is 18.4 Å². The van der Waals surface area contributed by atoms with Gasteiger partial charge in [0.2, 0.25) is 0 Å². The van der Waals surface area contributed by atoms with E-state index in [-0.39, 0.29) is 23.5 Å². The molecule has 0 radical (unpaired) electrons. The smallest absolute Gasteiger partial charge is 0.153 e. The summed E-state index contributed by atoms with van der Waals surface area (Å²) in [6, 6.07) is -0.139. The first-order valence-electron chi connectivity index (χ1n) is 6.41. The zero-order chi connectivity index (χ0) is 13.5. The highest BCUT2D eigenvalue weighted by Crippen LogP contribution is 2.29. The minimum Gasteiger partial charge on any atom is -0.381 e. The molecule has 2 fully saturated rings. The Bertz CT molecular complexity index is 587. The SMILES string of the molecule is O=Cc1cn(C2CCS(=O)(=O)C2)nc1C1CCOC1. The summed E-state index contributed by atoms with van der Waals surface area (Å²) in [6.07, 6.45) is 3.90. The molecule has 2 unspecified atom stereocenters. The van der Waals surface area contributed by atoms with Crippen molar-refractivity contribution in [2.45, 2.75) is 24.8 Å². The predicted molar refractivity (Wildman–Crippen MR) is 68.1 cm³/mol. The van der Waals surface area contributed by atoms with Crippen LogP contribution in [-0.2, 0) is 14.6 Å². The second-order valence-electron chi connectivity index (χ2n) is 5.18. The van der Waals surface area contributed by atoms with E-state index >= 15 is 0 Å². The van der Waals surface area contributed by atoms with Crippen LogP contribution in [0.25, 0.3) is 0 Å². The zero-order valence-electron chi connectivity index (χ0n) is 10.5. The first-order valence-corrected chi connectivity index (χ1v) is 8.23. The van der Waals surface area contributed by atoms with Gasteiger partial charge in [-0.1, -0.05) is 0 Å². The molecule has 2 atom stereocenters. The predicted octanol–water partition coefficient (Wildman–Crippen LogP) is 0.559. The highest BCUT2D eigenvalue weighted by molar-refractivity contribution is 7.91. The van der Waals surface area contributed by atoms with Crippen molar-refractivity contribution in [3.05, 3.63) is 17.5 Å². The van der Waals surface area contributed by atoms with Crippen LogP contribution in [0.2, 0.25) is 0 Å². The number of hydrogen-bond donors (Lipinski definition) is 0.